The third-order valence-corrected chi connectivity index (χ3v) is 12.4. The molecule has 0 fully saturated rings. The molecule has 1 aliphatic rings. The van der Waals surface area contributed by atoms with Crippen LogP contribution in [0.3, 0.4) is 0 Å². The number of hydrogen-bond acceptors (Lipinski definition) is 2. The molecule has 1 aliphatic carbocycles. The molecule has 0 N–H and O–H groups in total. The number of aryl methyl sites for hydroxylation is 4. The molecule has 0 saturated heterocycles. The topological polar surface area (TPSA) is 6.48 Å². The Morgan fingerprint density at radius 3 is 1.17 bits per heavy atom. The van der Waals surface area contributed by atoms with Gasteiger partial charge < -0.3 is 9.80 Å². The quantitative estimate of drug-likeness (QED) is 0.102. The second kappa shape index (κ2) is 18.0. The summed E-state index contributed by atoms with van der Waals surface area (Å²) < 4.78 is 0. The summed E-state index contributed by atoms with van der Waals surface area (Å²) in [7, 11) is 0. The van der Waals surface area contributed by atoms with Gasteiger partial charge in [0.05, 0.1) is 0 Å². The van der Waals surface area contributed by atoms with E-state index in [9.17, 15) is 0 Å². The van der Waals surface area contributed by atoms with Gasteiger partial charge in [0.25, 0.3) is 0 Å². The summed E-state index contributed by atoms with van der Waals surface area (Å²) in [6, 6.07) is 58.9. The van der Waals surface area contributed by atoms with Crippen molar-refractivity contribution in [3.63, 3.8) is 0 Å². The first-order valence-electron chi connectivity index (χ1n) is 21.5. The van der Waals surface area contributed by atoms with E-state index in [1.165, 1.54) is 101 Å². The van der Waals surface area contributed by atoms with Crippen molar-refractivity contribution in [1.29, 1.82) is 0 Å². The van der Waals surface area contributed by atoms with Crippen LogP contribution in [0.25, 0.3) is 22.3 Å². The van der Waals surface area contributed by atoms with E-state index >= 15 is 0 Å². The molecule has 8 rings (SSSR count). The van der Waals surface area contributed by atoms with E-state index in [-0.39, 0.29) is 12.8 Å². The van der Waals surface area contributed by atoms with E-state index in [4.69, 9.17) is 0 Å². The zero-order valence-corrected chi connectivity index (χ0v) is 35.4. The Morgan fingerprint density at radius 1 is 0.373 bits per heavy atom. The highest BCUT2D eigenvalue weighted by atomic mass is 15.2. The zero-order chi connectivity index (χ0) is 40.2. The third-order valence-electron chi connectivity index (χ3n) is 12.4. The van der Waals surface area contributed by atoms with E-state index in [0.29, 0.717) is 0 Å². The predicted octanol–water partition coefficient (Wildman–Crippen LogP) is 17.2. The lowest BCUT2D eigenvalue weighted by Gasteiger charge is -2.29. The van der Waals surface area contributed by atoms with E-state index in [0.717, 1.165) is 34.1 Å². The lowest BCUT2D eigenvalue weighted by Crippen LogP contribution is -2.21. The van der Waals surface area contributed by atoms with Crippen LogP contribution in [-0.2, 0) is 5.41 Å². The maximum atomic E-state index is 2.50. The molecule has 1 unspecified atom stereocenters. The molecule has 59 heavy (non-hydrogen) atoms. The molecule has 0 radical (unpaired) electrons. The van der Waals surface area contributed by atoms with Gasteiger partial charge in [-0.1, -0.05) is 161 Å². The Bertz CT molecular complexity index is 2410. The summed E-state index contributed by atoms with van der Waals surface area (Å²) in [5.41, 5.74) is 20.2. The van der Waals surface area contributed by atoms with Crippen LogP contribution in [0.2, 0.25) is 0 Å². The Labute approximate surface area is 355 Å². The summed E-state index contributed by atoms with van der Waals surface area (Å²) in [6.45, 7) is 13.5. The molecule has 1 atom stereocenters. The van der Waals surface area contributed by atoms with Gasteiger partial charge >= 0.3 is 0 Å². The van der Waals surface area contributed by atoms with Gasteiger partial charge in [0.2, 0.25) is 0 Å². The van der Waals surface area contributed by atoms with Gasteiger partial charge in [-0.05, 0) is 146 Å². The average molecular weight is 775 g/mol. The minimum Gasteiger partial charge on any atom is -0.311 e. The summed E-state index contributed by atoms with van der Waals surface area (Å²) in [6.07, 6.45) is 9.09. The molecule has 0 saturated carbocycles. The third kappa shape index (κ3) is 8.64. The number of unbranched alkanes of at least 4 members (excludes halogenated alkanes) is 5. The van der Waals surface area contributed by atoms with Crippen molar-refractivity contribution in [2.45, 2.75) is 99.3 Å². The number of hydrogen-bond donors (Lipinski definition) is 0. The Hall–Kier alpha value is -5.86. The molecular formula is C57H62N2. The molecular weight excluding hydrogens is 713 g/mol. The van der Waals surface area contributed by atoms with Crippen molar-refractivity contribution in [2.24, 2.45) is 0 Å². The molecule has 0 bridgehead atoms. The number of nitrogens with zero attached hydrogens (tertiary/aromatic N) is 2. The summed E-state index contributed by atoms with van der Waals surface area (Å²) in [5, 5.41) is 0. The van der Waals surface area contributed by atoms with E-state index in [2.05, 4.69) is 209 Å². The van der Waals surface area contributed by atoms with Crippen molar-refractivity contribution in [2.75, 3.05) is 9.80 Å². The van der Waals surface area contributed by atoms with Gasteiger partial charge in [0.15, 0.2) is 0 Å². The van der Waals surface area contributed by atoms with Crippen molar-refractivity contribution in [3.8, 4) is 22.3 Å². The Morgan fingerprint density at radius 2 is 0.712 bits per heavy atom. The molecule has 0 spiro atoms. The monoisotopic (exact) mass is 774 g/mol. The summed E-state index contributed by atoms with van der Waals surface area (Å²) >= 11 is 0. The van der Waals surface area contributed by atoms with Crippen LogP contribution in [0.4, 0.5) is 34.1 Å². The number of anilines is 6. The fourth-order valence-corrected chi connectivity index (χ4v) is 8.97. The molecule has 2 heteroatoms. The maximum Gasteiger partial charge on any atom is 0.0463 e. The van der Waals surface area contributed by atoms with Crippen LogP contribution in [0, 0.1) is 27.7 Å². The van der Waals surface area contributed by atoms with E-state index < -0.39 is 0 Å². The van der Waals surface area contributed by atoms with Crippen LogP contribution >= 0.6 is 0 Å². The first-order chi connectivity index (χ1) is 28.2. The standard InChI is InChI=1S/C56H58N2.CH4/c1-7-8-9-10-11-12-37-56(6)54-38-43(5)19-35-52(54)53-36-22-45(39-55(53)56)44-20-29-49(30-21-44)58(48-27-17-42(4)18-28-48)51-33-31-50(32-34-51)57(46-23-13-40(2)14-24-46)47-25-15-41(3)16-26-47;/h13-36,38-39H,7-12,37H2,1-6H3;1H4. The van der Waals surface area contributed by atoms with Crippen molar-refractivity contribution in [3.05, 3.63) is 191 Å². The number of fused-ring (bicyclic) bond motifs is 3. The molecule has 2 nitrogen and oxygen atoms in total. The molecule has 0 heterocycles. The second-order valence-corrected chi connectivity index (χ2v) is 16.9. The molecule has 7 aromatic rings. The highest BCUT2D eigenvalue weighted by Gasteiger charge is 2.39. The molecule has 300 valence electrons. The minimum absolute atomic E-state index is 0. The second-order valence-electron chi connectivity index (χ2n) is 16.9. The van der Waals surface area contributed by atoms with E-state index in [1.54, 1.807) is 0 Å². The van der Waals surface area contributed by atoms with Crippen LogP contribution in [0.15, 0.2) is 158 Å². The molecule has 0 aliphatic heterocycles. The van der Waals surface area contributed by atoms with Crippen molar-refractivity contribution < 1.29 is 0 Å². The highest BCUT2D eigenvalue weighted by molar-refractivity contribution is 5.85. The van der Waals surface area contributed by atoms with Crippen molar-refractivity contribution in [1.82, 2.24) is 0 Å². The number of benzene rings is 7. The number of rotatable bonds is 14. The summed E-state index contributed by atoms with van der Waals surface area (Å²) in [5.74, 6) is 0. The van der Waals surface area contributed by atoms with E-state index in [1.807, 2.05) is 0 Å². The Kier molecular flexibility index (Phi) is 12.6. The zero-order valence-electron chi connectivity index (χ0n) is 35.4. The predicted molar refractivity (Wildman–Crippen MR) is 257 cm³/mol. The lowest BCUT2D eigenvalue weighted by atomic mass is 9.75. The maximum absolute atomic E-state index is 2.50. The van der Waals surface area contributed by atoms with Gasteiger partial charge in [-0.3, -0.25) is 0 Å². The van der Waals surface area contributed by atoms with Gasteiger partial charge in [-0.15, -0.1) is 0 Å². The fourth-order valence-electron chi connectivity index (χ4n) is 8.97. The summed E-state index contributed by atoms with van der Waals surface area (Å²) in [4.78, 5) is 4.71. The Balaban J connectivity index is 0.00000528. The first kappa shape index (κ1) is 41.3. The van der Waals surface area contributed by atoms with Crippen LogP contribution in [0.5, 0.6) is 0 Å². The minimum atomic E-state index is 0. The van der Waals surface area contributed by atoms with Crippen LogP contribution in [0.1, 0.15) is 99.6 Å². The van der Waals surface area contributed by atoms with Crippen molar-refractivity contribution >= 4 is 34.1 Å². The van der Waals surface area contributed by atoms with Gasteiger partial charge in [-0.2, -0.15) is 0 Å². The molecule has 0 aromatic heterocycles. The normalized spacial score (nSPS) is 14.0. The lowest BCUT2D eigenvalue weighted by molar-refractivity contribution is 0.480. The van der Waals surface area contributed by atoms with Crippen LogP contribution in [-0.4, -0.2) is 0 Å². The van der Waals surface area contributed by atoms with Gasteiger partial charge in [0, 0.05) is 39.5 Å². The van der Waals surface area contributed by atoms with Gasteiger partial charge in [-0.25, -0.2) is 0 Å². The first-order valence-corrected chi connectivity index (χ1v) is 21.5. The highest BCUT2D eigenvalue weighted by Crippen LogP contribution is 2.52. The van der Waals surface area contributed by atoms with Crippen LogP contribution < -0.4 is 9.80 Å². The van der Waals surface area contributed by atoms with Gasteiger partial charge in [0.1, 0.15) is 0 Å². The molecule has 0 amide bonds. The fraction of sp³-hybridized carbons (Fsp3) is 0.263. The smallest absolute Gasteiger partial charge is 0.0463 e. The largest absolute Gasteiger partial charge is 0.311 e. The SMILES string of the molecule is C.CCCCCCCCC1(C)c2cc(C)ccc2-c2ccc(-c3ccc(N(c4ccc(C)cc4)c4ccc(N(c5ccc(C)cc5)c5ccc(C)cc5)cc4)cc3)cc21. The molecule has 7 aromatic carbocycles. The average Bonchev–Trinajstić information content (AvgIpc) is 3.48.